The van der Waals surface area contributed by atoms with Crippen LogP contribution < -0.4 is 10.0 Å². The van der Waals surface area contributed by atoms with E-state index in [1.807, 2.05) is 0 Å². The maximum atomic E-state index is 12.8. The Morgan fingerprint density at radius 2 is 1.78 bits per heavy atom. The summed E-state index contributed by atoms with van der Waals surface area (Å²) in [6, 6.07) is 10.0. The molecule has 0 aliphatic rings. The van der Waals surface area contributed by atoms with E-state index in [-0.39, 0.29) is 29.2 Å². The van der Waals surface area contributed by atoms with Crippen molar-refractivity contribution in [2.24, 2.45) is 0 Å². The van der Waals surface area contributed by atoms with Crippen LogP contribution in [0.1, 0.15) is 11.3 Å². The highest BCUT2D eigenvalue weighted by molar-refractivity contribution is 7.92. The number of carboxylic acid groups (broad SMARTS) is 1. The quantitative estimate of drug-likeness (QED) is 0.258. The van der Waals surface area contributed by atoms with Crippen LogP contribution in [0.2, 0.25) is 5.02 Å². The van der Waals surface area contributed by atoms with Crippen LogP contribution in [-0.2, 0) is 42.3 Å². The first kappa shape index (κ1) is 27.3. The van der Waals surface area contributed by atoms with Crippen LogP contribution in [0, 0.1) is 0 Å². The lowest BCUT2D eigenvalue weighted by Gasteiger charge is -2.14. The Hall–Kier alpha value is -3.26. The van der Waals surface area contributed by atoms with Gasteiger partial charge in [-0.1, -0.05) is 23.7 Å². The zero-order valence-corrected chi connectivity index (χ0v) is 21.1. The topological polar surface area (TPSA) is 175 Å². The number of aromatic nitrogens is 2. The summed E-state index contributed by atoms with van der Waals surface area (Å²) in [5.74, 6) is -3.25. The predicted octanol–water partition coefficient (Wildman–Crippen LogP) is 1.17. The zero-order valence-electron chi connectivity index (χ0n) is 18.7. The highest BCUT2D eigenvalue weighted by Crippen LogP contribution is 2.16. The lowest BCUT2D eigenvalue weighted by molar-refractivity contribution is -0.141. The largest absolute Gasteiger partial charge is 0.480 e. The van der Waals surface area contributed by atoms with E-state index in [2.05, 4.69) is 20.0 Å². The Bertz CT molecular complexity index is 1430. The lowest BCUT2D eigenvalue weighted by Crippen LogP contribution is -2.44. The first-order chi connectivity index (χ1) is 17.0. The van der Waals surface area contributed by atoms with Gasteiger partial charge in [0.05, 0.1) is 21.8 Å². The molecule has 0 radical (unpaired) electrons. The van der Waals surface area contributed by atoms with E-state index in [1.54, 1.807) is 6.07 Å². The number of aromatic amines is 1. The number of H-pyrrole nitrogens is 1. The average Bonchev–Trinajstić information content (AvgIpc) is 3.32. The van der Waals surface area contributed by atoms with Crippen molar-refractivity contribution in [3.05, 3.63) is 77.3 Å². The van der Waals surface area contributed by atoms with Crippen LogP contribution in [0.5, 0.6) is 0 Å². The van der Waals surface area contributed by atoms with Gasteiger partial charge in [-0.3, -0.25) is 4.79 Å². The van der Waals surface area contributed by atoms with Gasteiger partial charge in [-0.25, -0.2) is 31.3 Å². The van der Waals surface area contributed by atoms with Gasteiger partial charge in [0.1, 0.15) is 11.8 Å². The molecular formula is C22H23ClN4O7S2. The molecule has 3 rings (SSSR count). The minimum Gasteiger partial charge on any atom is -0.480 e. The monoisotopic (exact) mass is 554 g/mol. The molecule has 0 spiro atoms. The van der Waals surface area contributed by atoms with E-state index in [9.17, 15) is 31.5 Å². The SMILES string of the molecule is O=C(CS(=O)(=O)c1cccc(CCNS(=O)(=O)c2ccc(Cl)cc2)c1)NC(Cc1c[nH]cn1)C(=O)O. The minimum atomic E-state index is -4.09. The molecule has 0 bridgehead atoms. The van der Waals surface area contributed by atoms with E-state index in [4.69, 9.17) is 11.6 Å². The number of halogens is 1. The molecule has 1 amide bonds. The van der Waals surface area contributed by atoms with E-state index in [1.165, 1.54) is 55.0 Å². The van der Waals surface area contributed by atoms with Crippen LogP contribution in [0.3, 0.4) is 0 Å². The number of carbonyl (C=O) groups is 2. The summed E-state index contributed by atoms with van der Waals surface area (Å²) in [6.45, 7) is 0.00241. The minimum absolute atomic E-state index is 0.00241. The molecule has 1 atom stereocenters. The molecule has 2 aromatic carbocycles. The number of benzene rings is 2. The maximum absolute atomic E-state index is 12.8. The zero-order chi connectivity index (χ0) is 26.3. The maximum Gasteiger partial charge on any atom is 0.326 e. The number of hydrogen-bond acceptors (Lipinski definition) is 7. The van der Waals surface area contributed by atoms with Crippen molar-refractivity contribution in [3.8, 4) is 0 Å². The van der Waals surface area contributed by atoms with Crippen molar-refractivity contribution >= 4 is 43.3 Å². The molecule has 11 nitrogen and oxygen atoms in total. The summed E-state index contributed by atoms with van der Waals surface area (Å²) in [4.78, 5) is 30.3. The number of sulfone groups is 1. The Morgan fingerprint density at radius 1 is 1.06 bits per heavy atom. The highest BCUT2D eigenvalue weighted by Gasteiger charge is 2.25. The molecule has 3 aromatic rings. The Kier molecular flexibility index (Phi) is 8.84. The fourth-order valence-electron chi connectivity index (χ4n) is 3.22. The van der Waals surface area contributed by atoms with Crippen LogP contribution >= 0.6 is 11.6 Å². The summed E-state index contributed by atoms with van der Waals surface area (Å²) in [5.41, 5.74) is 0.919. The second-order valence-electron chi connectivity index (χ2n) is 7.73. The van der Waals surface area contributed by atoms with Gasteiger partial charge in [-0.2, -0.15) is 0 Å². The average molecular weight is 555 g/mol. The normalized spacial score (nSPS) is 12.7. The molecule has 1 aromatic heterocycles. The number of carboxylic acids is 1. The molecule has 0 saturated carbocycles. The number of carbonyl (C=O) groups excluding carboxylic acids is 1. The standard InChI is InChI=1S/C22H23ClN4O7S2/c23-16-4-6-18(7-5-16)36(33,34)26-9-8-15-2-1-3-19(10-15)35(31,32)13-21(28)27-20(22(29)30)11-17-12-24-14-25-17/h1-7,10,12,14,20,26H,8-9,11,13H2,(H,24,25)(H,27,28)(H,29,30). The summed E-state index contributed by atoms with van der Waals surface area (Å²) in [5, 5.41) is 11.9. The molecule has 4 N–H and O–H groups in total. The third kappa shape index (κ3) is 7.62. The van der Waals surface area contributed by atoms with Crippen LogP contribution in [0.4, 0.5) is 0 Å². The predicted molar refractivity (Wildman–Crippen MR) is 131 cm³/mol. The van der Waals surface area contributed by atoms with Crippen molar-refractivity contribution < 1.29 is 31.5 Å². The van der Waals surface area contributed by atoms with Gasteiger partial charge in [0.15, 0.2) is 9.84 Å². The van der Waals surface area contributed by atoms with Gasteiger partial charge in [0, 0.05) is 24.2 Å². The van der Waals surface area contributed by atoms with E-state index in [0.29, 0.717) is 16.3 Å². The van der Waals surface area contributed by atoms with Crippen LogP contribution in [0.15, 0.2) is 70.8 Å². The van der Waals surface area contributed by atoms with E-state index >= 15 is 0 Å². The molecule has 1 heterocycles. The third-order valence-electron chi connectivity index (χ3n) is 5.01. The van der Waals surface area contributed by atoms with Gasteiger partial charge in [0.2, 0.25) is 15.9 Å². The van der Waals surface area contributed by atoms with Gasteiger partial charge in [-0.15, -0.1) is 0 Å². The Morgan fingerprint density at radius 3 is 2.42 bits per heavy atom. The first-order valence-corrected chi connectivity index (χ1v) is 14.0. The Labute approximate surface area is 212 Å². The highest BCUT2D eigenvalue weighted by atomic mass is 35.5. The molecule has 1 unspecified atom stereocenters. The van der Waals surface area contributed by atoms with Gasteiger partial charge in [0.25, 0.3) is 0 Å². The first-order valence-electron chi connectivity index (χ1n) is 10.5. The van der Waals surface area contributed by atoms with Crippen molar-refractivity contribution in [1.82, 2.24) is 20.0 Å². The molecular weight excluding hydrogens is 532 g/mol. The number of hydrogen-bond donors (Lipinski definition) is 4. The van der Waals surface area contributed by atoms with Crippen molar-refractivity contribution in [1.29, 1.82) is 0 Å². The molecule has 192 valence electrons. The number of rotatable bonds is 12. The number of imidazole rings is 1. The number of sulfonamides is 1. The van der Waals surface area contributed by atoms with Crippen molar-refractivity contribution in [2.75, 3.05) is 12.3 Å². The van der Waals surface area contributed by atoms with Gasteiger partial charge >= 0.3 is 5.97 Å². The smallest absolute Gasteiger partial charge is 0.326 e. The lowest BCUT2D eigenvalue weighted by atomic mass is 10.1. The molecule has 36 heavy (non-hydrogen) atoms. The summed E-state index contributed by atoms with van der Waals surface area (Å²) < 4.78 is 52.7. The number of amides is 1. The van der Waals surface area contributed by atoms with Crippen molar-refractivity contribution in [2.45, 2.75) is 28.7 Å². The summed E-state index contributed by atoms with van der Waals surface area (Å²) in [6.07, 6.45) is 2.90. The number of aliphatic carboxylic acids is 1. The second kappa shape index (κ2) is 11.6. The molecule has 0 saturated heterocycles. The van der Waals surface area contributed by atoms with Crippen molar-refractivity contribution in [3.63, 3.8) is 0 Å². The third-order valence-corrected chi connectivity index (χ3v) is 8.35. The molecule has 0 aliphatic carbocycles. The molecule has 0 aliphatic heterocycles. The van der Waals surface area contributed by atoms with E-state index < -0.39 is 43.5 Å². The summed E-state index contributed by atoms with van der Waals surface area (Å²) in [7, 11) is -7.87. The van der Waals surface area contributed by atoms with Gasteiger partial charge in [-0.05, 0) is 48.4 Å². The molecule has 14 heteroatoms. The molecule has 0 fully saturated rings. The number of nitrogens with zero attached hydrogens (tertiary/aromatic N) is 1. The van der Waals surface area contributed by atoms with Crippen LogP contribution in [-0.4, -0.2) is 62.1 Å². The van der Waals surface area contributed by atoms with E-state index in [0.717, 1.165) is 0 Å². The summed E-state index contributed by atoms with van der Waals surface area (Å²) >= 11 is 5.78. The fraction of sp³-hybridized carbons (Fsp3) is 0.227. The van der Waals surface area contributed by atoms with Gasteiger partial charge < -0.3 is 15.4 Å². The Balaban J connectivity index is 1.60. The van der Waals surface area contributed by atoms with Crippen LogP contribution in [0.25, 0.3) is 0 Å². The second-order valence-corrected chi connectivity index (χ2v) is 11.9. The fourth-order valence-corrected chi connectivity index (χ4v) is 5.59. The number of nitrogens with one attached hydrogen (secondary N) is 3.